The number of hydrogen-bond acceptors (Lipinski definition) is 4. The topological polar surface area (TPSA) is 76.1 Å². The predicted molar refractivity (Wildman–Crippen MR) is 90.0 cm³/mol. The lowest BCUT2D eigenvalue weighted by molar-refractivity contribution is 0.529. The second-order valence-corrected chi connectivity index (χ2v) is 6.15. The number of nitrogens with one attached hydrogen (secondary N) is 2. The highest BCUT2D eigenvalue weighted by molar-refractivity contribution is 4.57. The van der Waals surface area contributed by atoms with E-state index in [4.69, 9.17) is 11.5 Å². The van der Waals surface area contributed by atoms with E-state index in [2.05, 4.69) is 24.5 Å². The van der Waals surface area contributed by atoms with Crippen molar-refractivity contribution in [2.24, 2.45) is 11.5 Å². The van der Waals surface area contributed by atoms with Gasteiger partial charge in [-0.3, -0.25) is 0 Å². The van der Waals surface area contributed by atoms with E-state index in [0.29, 0.717) is 12.1 Å². The summed E-state index contributed by atoms with van der Waals surface area (Å²) in [6.07, 6.45) is 10.2. The van der Waals surface area contributed by atoms with E-state index in [1.54, 1.807) is 0 Å². The van der Waals surface area contributed by atoms with E-state index in [1.807, 2.05) is 0 Å². The Morgan fingerprint density at radius 1 is 0.600 bits per heavy atom. The Morgan fingerprint density at radius 2 is 0.950 bits per heavy atom. The highest BCUT2D eigenvalue weighted by Gasteiger charge is 1.95. The number of hydrogen-bond donors (Lipinski definition) is 4. The van der Waals surface area contributed by atoms with Gasteiger partial charge in [0.15, 0.2) is 0 Å². The zero-order valence-electron chi connectivity index (χ0n) is 13.8. The van der Waals surface area contributed by atoms with Crippen molar-refractivity contribution < 1.29 is 0 Å². The van der Waals surface area contributed by atoms with Gasteiger partial charge >= 0.3 is 0 Å². The minimum absolute atomic E-state index is 0.323. The molecule has 20 heavy (non-hydrogen) atoms. The summed E-state index contributed by atoms with van der Waals surface area (Å²) < 4.78 is 0. The molecule has 0 aromatic heterocycles. The summed E-state index contributed by atoms with van der Waals surface area (Å²) in [6, 6.07) is 0.647. The maximum Gasteiger partial charge on any atom is 0.00225 e. The normalized spacial score (nSPS) is 14.4. The summed E-state index contributed by atoms with van der Waals surface area (Å²) in [5.74, 6) is 0. The maximum absolute atomic E-state index is 5.70. The average Bonchev–Trinajstić information content (AvgIpc) is 2.38. The molecule has 0 spiro atoms. The van der Waals surface area contributed by atoms with Gasteiger partial charge in [-0.1, -0.05) is 25.7 Å². The lowest BCUT2D eigenvalue weighted by Crippen LogP contribution is -2.24. The first-order chi connectivity index (χ1) is 9.63. The summed E-state index contributed by atoms with van der Waals surface area (Å²) in [4.78, 5) is 0. The quantitative estimate of drug-likeness (QED) is 0.347. The summed E-state index contributed by atoms with van der Waals surface area (Å²) in [6.45, 7) is 8.53. The average molecular weight is 287 g/mol. The Morgan fingerprint density at radius 3 is 1.30 bits per heavy atom. The van der Waals surface area contributed by atoms with Crippen LogP contribution in [0, 0.1) is 0 Å². The van der Waals surface area contributed by atoms with E-state index >= 15 is 0 Å². The summed E-state index contributed by atoms with van der Waals surface area (Å²) >= 11 is 0. The van der Waals surface area contributed by atoms with E-state index in [0.717, 1.165) is 39.0 Å². The molecule has 0 aromatic rings. The highest BCUT2D eigenvalue weighted by Crippen LogP contribution is 2.04. The Labute approximate surface area is 126 Å². The van der Waals surface area contributed by atoms with E-state index in [-0.39, 0.29) is 0 Å². The van der Waals surface area contributed by atoms with Crippen LogP contribution in [0.1, 0.15) is 65.2 Å². The minimum Gasteiger partial charge on any atom is -0.328 e. The minimum atomic E-state index is 0.323. The summed E-state index contributed by atoms with van der Waals surface area (Å²) in [7, 11) is 0. The molecule has 4 nitrogen and oxygen atoms in total. The molecule has 0 aliphatic carbocycles. The molecular formula is C16H38N4. The maximum atomic E-state index is 5.70. The van der Waals surface area contributed by atoms with Crippen LogP contribution >= 0.6 is 0 Å². The molecule has 0 aromatic carbocycles. The molecule has 122 valence electrons. The second-order valence-electron chi connectivity index (χ2n) is 6.15. The van der Waals surface area contributed by atoms with Gasteiger partial charge in [0.1, 0.15) is 0 Å². The van der Waals surface area contributed by atoms with Crippen molar-refractivity contribution >= 4 is 0 Å². The van der Waals surface area contributed by atoms with Gasteiger partial charge < -0.3 is 22.1 Å². The second kappa shape index (κ2) is 15.2. The van der Waals surface area contributed by atoms with Crippen molar-refractivity contribution in [1.29, 1.82) is 0 Å². The highest BCUT2D eigenvalue weighted by atomic mass is 14.9. The van der Waals surface area contributed by atoms with Crippen LogP contribution in [0.25, 0.3) is 0 Å². The van der Waals surface area contributed by atoms with Crippen LogP contribution in [0.5, 0.6) is 0 Å². The third-order valence-electron chi connectivity index (χ3n) is 3.51. The van der Waals surface area contributed by atoms with Crippen molar-refractivity contribution in [2.75, 3.05) is 26.2 Å². The van der Waals surface area contributed by atoms with Crippen molar-refractivity contribution in [3.05, 3.63) is 0 Å². The predicted octanol–water partition coefficient (Wildman–Crippen LogP) is 1.98. The molecular weight excluding hydrogens is 248 g/mol. The van der Waals surface area contributed by atoms with E-state index in [9.17, 15) is 0 Å². The lowest BCUT2D eigenvalue weighted by atomic mass is 10.1. The molecule has 0 aliphatic rings. The van der Waals surface area contributed by atoms with Crippen LogP contribution in [-0.2, 0) is 0 Å². The van der Waals surface area contributed by atoms with E-state index in [1.165, 1.54) is 38.5 Å². The van der Waals surface area contributed by atoms with Crippen molar-refractivity contribution in [1.82, 2.24) is 10.6 Å². The molecule has 4 heteroatoms. The number of nitrogens with two attached hydrogens (primary N) is 2. The molecule has 0 amide bonds. The van der Waals surface area contributed by atoms with Crippen LogP contribution in [0.15, 0.2) is 0 Å². The third kappa shape index (κ3) is 17.8. The van der Waals surface area contributed by atoms with Gasteiger partial charge in [-0.2, -0.15) is 0 Å². The molecule has 0 saturated carbocycles. The number of rotatable bonds is 15. The third-order valence-corrected chi connectivity index (χ3v) is 3.51. The molecule has 0 fully saturated rings. The molecule has 0 heterocycles. The smallest absolute Gasteiger partial charge is 0.00225 e. The summed E-state index contributed by atoms with van der Waals surface area (Å²) in [5.41, 5.74) is 11.4. The Hall–Kier alpha value is -0.160. The fraction of sp³-hybridized carbons (Fsp3) is 1.00. The van der Waals surface area contributed by atoms with Gasteiger partial charge in [0, 0.05) is 12.1 Å². The Balaban J connectivity index is 2.96. The van der Waals surface area contributed by atoms with Crippen molar-refractivity contribution in [3.63, 3.8) is 0 Å². The Kier molecular flexibility index (Phi) is 15.1. The first-order valence-corrected chi connectivity index (χ1v) is 8.55. The van der Waals surface area contributed by atoms with Gasteiger partial charge in [0.25, 0.3) is 0 Å². The molecule has 0 saturated heterocycles. The monoisotopic (exact) mass is 286 g/mol. The molecule has 0 aliphatic heterocycles. The SMILES string of the molecule is C[C@@H](N)CCNCCCCCCCCNCC[C@@H](C)N. The van der Waals surface area contributed by atoms with Gasteiger partial charge in [0.05, 0.1) is 0 Å². The van der Waals surface area contributed by atoms with E-state index < -0.39 is 0 Å². The fourth-order valence-electron chi connectivity index (χ4n) is 2.12. The molecule has 2 atom stereocenters. The lowest BCUT2D eigenvalue weighted by Gasteiger charge is -2.07. The first kappa shape index (κ1) is 19.8. The molecule has 0 rings (SSSR count). The molecule has 6 N–H and O–H groups in total. The first-order valence-electron chi connectivity index (χ1n) is 8.55. The van der Waals surface area contributed by atoms with Gasteiger partial charge in [0.2, 0.25) is 0 Å². The number of unbranched alkanes of at least 4 members (excludes halogenated alkanes) is 5. The van der Waals surface area contributed by atoms with Gasteiger partial charge in [-0.05, 0) is 65.7 Å². The molecule has 0 bridgehead atoms. The summed E-state index contributed by atoms with van der Waals surface area (Å²) in [5, 5.41) is 6.90. The zero-order valence-corrected chi connectivity index (χ0v) is 13.8. The zero-order chi connectivity index (χ0) is 15.1. The van der Waals surface area contributed by atoms with Crippen LogP contribution in [-0.4, -0.2) is 38.3 Å². The van der Waals surface area contributed by atoms with Crippen LogP contribution < -0.4 is 22.1 Å². The Bertz CT molecular complexity index is 163. The van der Waals surface area contributed by atoms with Gasteiger partial charge in [-0.15, -0.1) is 0 Å². The van der Waals surface area contributed by atoms with Crippen LogP contribution in [0.3, 0.4) is 0 Å². The van der Waals surface area contributed by atoms with Gasteiger partial charge in [-0.25, -0.2) is 0 Å². The van der Waals surface area contributed by atoms with Crippen molar-refractivity contribution in [2.45, 2.75) is 77.3 Å². The standard InChI is InChI=1S/C16H38N4/c1-15(17)9-13-19-11-7-5-3-4-6-8-12-20-14-10-16(2)18/h15-16,19-20H,3-14,17-18H2,1-2H3/t15-,16-/m1/s1. The van der Waals surface area contributed by atoms with Crippen LogP contribution in [0.2, 0.25) is 0 Å². The molecule has 0 unspecified atom stereocenters. The molecule has 0 radical (unpaired) electrons. The van der Waals surface area contributed by atoms with Crippen molar-refractivity contribution in [3.8, 4) is 0 Å². The largest absolute Gasteiger partial charge is 0.328 e. The fourth-order valence-corrected chi connectivity index (χ4v) is 2.12. The van der Waals surface area contributed by atoms with Crippen LogP contribution in [0.4, 0.5) is 0 Å².